The molecule has 32 heavy (non-hydrogen) atoms. The number of rotatable bonds is 7. The van der Waals surface area contributed by atoms with E-state index in [1.807, 2.05) is 74.5 Å². The molecule has 1 fully saturated rings. The van der Waals surface area contributed by atoms with Gasteiger partial charge in [0.05, 0.1) is 18.2 Å². The molecule has 164 valence electrons. The highest BCUT2D eigenvalue weighted by atomic mass is 16.5. The van der Waals surface area contributed by atoms with Crippen LogP contribution in [0, 0.1) is 0 Å². The fourth-order valence-electron chi connectivity index (χ4n) is 4.16. The third-order valence-corrected chi connectivity index (χ3v) is 5.70. The number of ether oxygens (including phenoxy) is 1. The molecule has 0 spiro atoms. The van der Waals surface area contributed by atoms with Crippen LogP contribution in [0.1, 0.15) is 43.9 Å². The van der Waals surface area contributed by atoms with Gasteiger partial charge >= 0.3 is 0 Å². The lowest BCUT2D eigenvalue weighted by Gasteiger charge is -2.25. The van der Waals surface area contributed by atoms with Gasteiger partial charge in [-0.25, -0.2) is 0 Å². The molecule has 3 aromatic rings. The molecule has 1 aliphatic rings. The maximum atomic E-state index is 13.0. The van der Waals surface area contributed by atoms with E-state index in [-0.39, 0.29) is 11.3 Å². The second-order valence-electron chi connectivity index (χ2n) is 7.97. The van der Waals surface area contributed by atoms with Gasteiger partial charge in [0.25, 0.3) is 11.7 Å². The summed E-state index contributed by atoms with van der Waals surface area (Å²) in [6, 6.07) is 20.1. The van der Waals surface area contributed by atoms with E-state index in [9.17, 15) is 14.7 Å². The smallest absolute Gasteiger partial charge is 0.295 e. The summed E-state index contributed by atoms with van der Waals surface area (Å²) in [5.74, 6) is -0.646. The third-order valence-electron chi connectivity index (χ3n) is 5.70. The summed E-state index contributed by atoms with van der Waals surface area (Å²) >= 11 is 0. The van der Waals surface area contributed by atoms with E-state index in [0.29, 0.717) is 25.1 Å². The number of ketones is 1. The van der Waals surface area contributed by atoms with Gasteiger partial charge in [-0.1, -0.05) is 62.4 Å². The first-order chi connectivity index (χ1) is 15.5. The van der Waals surface area contributed by atoms with Gasteiger partial charge < -0.3 is 14.7 Å². The number of carbonyl (C=O) groups is 2. The zero-order valence-corrected chi connectivity index (χ0v) is 18.4. The zero-order valence-electron chi connectivity index (χ0n) is 18.4. The Morgan fingerprint density at radius 1 is 0.938 bits per heavy atom. The minimum Gasteiger partial charge on any atom is -0.507 e. The average molecular weight is 430 g/mol. The van der Waals surface area contributed by atoms with Crippen molar-refractivity contribution in [2.75, 3.05) is 13.2 Å². The second kappa shape index (κ2) is 9.27. The van der Waals surface area contributed by atoms with E-state index in [2.05, 4.69) is 0 Å². The Balaban J connectivity index is 1.81. The SMILES string of the molecule is CCCOc1ccc(C2/C(=C(/O)c3ccc4ccccc4c3)C(=O)C(=O)N2CCC)cc1. The number of aliphatic hydroxyl groups is 1. The third kappa shape index (κ3) is 3.98. The molecule has 1 amide bonds. The van der Waals surface area contributed by atoms with Crippen molar-refractivity contribution in [3.8, 4) is 5.75 Å². The molecule has 5 nitrogen and oxygen atoms in total. The van der Waals surface area contributed by atoms with E-state index in [1.54, 1.807) is 11.0 Å². The molecular formula is C27H27NO4. The lowest BCUT2D eigenvalue weighted by Crippen LogP contribution is -2.30. The molecule has 1 heterocycles. The van der Waals surface area contributed by atoms with Crippen LogP contribution in [0.5, 0.6) is 5.75 Å². The molecule has 0 bridgehead atoms. The summed E-state index contributed by atoms with van der Waals surface area (Å²) in [5.41, 5.74) is 1.41. The molecule has 0 saturated carbocycles. The molecule has 0 aliphatic carbocycles. The van der Waals surface area contributed by atoms with Gasteiger partial charge in [0.1, 0.15) is 11.5 Å². The molecule has 1 unspecified atom stereocenters. The van der Waals surface area contributed by atoms with Crippen LogP contribution >= 0.6 is 0 Å². The van der Waals surface area contributed by atoms with Crippen molar-refractivity contribution in [3.63, 3.8) is 0 Å². The quantitative estimate of drug-likeness (QED) is 0.308. The van der Waals surface area contributed by atoms with E-state index in [4.69, 9.17) is 4.74 Å². The Hall–Kier alpha value is -3.60. The van der Waals surface area contributed by atoms with E-state index in [1.165, 1.54) is 0 Å². The molecule has 4 rings (SSSR count). The topological polar surface area (TPSA) is 66.8 Å². The van der Waals surface area contributed by atoms with Gasteiger partial charge in [0.2, 0.25) is 0 Å². The summed E-state index contributed by atoms with van der Waals surface area (Å²) in [5, 5.41) is 13.2. The standard InChI is InChI=1S/C27H27NO4/c1-3-15-28-24(19-11-13-22(14-12-19)32-16-4-2)23(26(30)27(28)31)25(29)21-10-9-18-7-5-6-8-20(18)17-21/h5-14,17,24,29H,3-4,15-16H2,1-2H3/b25-23-. The van der Waals surface area contributed by atoms with Crippen LogP contribution < -0.4 is 4.74 Å². The summed E-state index contributed by atoms with van der Waals surface area (Å²) in [6.45, 7) is 5.05. The van der Waals surface area contributed by atoms with Crippen LogP contribution in [0.15, 0.2) is 72.3 Å². The highest BCUT2D eigenvalue weighted by Crippen LogP contribution is 2.40. The van der Waals surface area contributed by atoms with Gasteiger partial charge in [0, 0.05) is 12.1 Å². The Kier molecular flexibility index (Phi) is 6.26. The normalized spacial score (nSPS) is 17.8. The lowest BCUT2D eigenvalue weighted by molar-refractivity contribution is -0.139. The van der Waals surface area contributed by atoms with Gasteiger partial charge in [-0.05, 0) is 47.4 Å². The predicted octanol–water partition coefficient (Wildman–Crippen LogP) is 5.46. The first-order valence-corrected chi connectivity index (χ1v) is 11.1. The van der Waals surface area contributed by atoms with E-state index < -0.39 is 17.7 Å². The minimum absolute atomic E-state index is 0.126. The molecular weight excluding hydrogens is 402 g/mol. The van der Waals surface area contributed by atoms with Crippen LogP contribution in [-0.4, -0.2) is 34.8 Å². The maximum Gasteiger partial charge on any atom is 0.295 e. The Morgan fingerprint density at radius 2 is 1.66 bits per heavy atom. The number of amides is 1. The van der Waals surface area contributed by atoms with Crippen LogP contribution in [-0.2, 0) is 9.59 Å². The van der Waals surface area contributed by atoms with Gasteiger partial charge in [0.15, 0.2) is 0 Å². The van der Waals surface area contributed by atoms with Crippen LogP contribution in [0.2, 0.25) is 0 Å². The van der Waals surface area contributed by atoms with Crippen molar-refractivity contribution < 1.29 is 19.4 Å². The number of fused-ring (bicyclic) bond motifs is 1. The van der Waals surface area contributed by atoms with Crippen LogP contribution in [0.3, 0.4) is 0 Å². The molecule has 1 N–H and O–H groups in total. The first kappa shape index (κ1) is 21.6. The number of aliphatic hydroxyl groups excluding tert-OH is 1. The Morgan fingerprint density at radius 3 is 2.34 bits per heavy atom. The maximum absolute atomic E-state index is 13.0. The number of hydrogen-bond donors (Lipinski definition) is 1. The van der Waals surface area contributed by atoms with Crippen molar-refractivity contribution >= 4 is 28.2 Å². The predicted molar refractivity (Wildman–Crippen MR) is 125 cm³/mol. The lowest BCUT2D eigenvalue weighted by atomic mass is 9.94. The number of benzene rings is 3. The second-order valence-corrected chi connectivity index (χ2v) is 7.97. The summed E-state index contributed by atoms with van der Waals surface area (Å²) < 4.78 is 5.67. The van der Waals surface area contributed by atoms with Crippen molar-refractivity contribution in [1.29, 1.82) is 0 Å². The summed E-state index contributed by atoms with van der Waals surface area (Å²) in [6.07, 6.45) is 1.61. The molecule has 0 radical (unpaired) electrons. The molecule has 1 aliphatic heterocycles. The number of likely N-dealkylation sites (tertiary alicyclic amines) is 1. The van der Waals surface area contributed by atoms with Gasteiger partial charge in [-0.3, -0.25) is 9.59 Å². The summed E-state index contributed by atoms with van der Waals surface area (Å²) in [4.78, 5) is 27.4. The van der Waals surface area contributed by atoms with E-state index >= 15 is 0 Å². The zero-order chi connectivity index (χ0) is 22.7. The monoisotopic (exact) mass is 429 g/mol. The Bertz CT molecular complexity index is 1180. The number of carbonyl (C=O) groups excluding carboxylic acids is 2. The van der Waals surface area contributed by atoms with Gasteiger partial charge in [-0.2, -0.15) is 0 Å². The van der Waals surface area contributed by atoms with Crippen molar-refractivity contribution in [2.45, 2.75) is 32.7 Å². The molecule has 0 aromatic heterocycles. The molecule has 1 saturated heterocycles. The van der Waals surface area contributed by atoms with Crippen molar-refractivity contribution in [2.24, 2.45) is 0 Å². The number of hydrogen-bond acceptors (Lipinski definition) is 4. The van der Waals surface area contributed by atoms with Gasteiger partial charge in [-0.15, -0.1) is 0 Å². The summed E-state index contributed by atoms with van der Waals surface area (Å²) in [7, 11) is 0. The Labute approximate surface area is 187 Å². The molecule has 5 heteroatoms. The van der Waals surface area contributed by atoms with Crippen molar-refractivity contribution in [3.05, 3.63) is 83.4 Å². The highest BCUT2D eigenvalue weighted by molar-refractivity contribution is 6.46. The fourth-order valence-corrected chi connectivity index (χ4v) is 4.16. The highest BCUT2D eigenvalue weighted by Gasteiger charge is 2.45. The average Bonchev–Trinajstić information content (AvgIpc) is 3.07. The molecule has 1 atom stereocenters. The van der Waals surface area contributed by atoms with Crippen LogP contribution in [0.25, 0.3) is 16.5 Å². The first-order valence-electron chi connectivity index (χ1n) is 11.1. The molecule has 3 aromatic carbocycles. The number of Topliss-reactive ketones (excluding diaryl/α,β-unsaturated/α-hetero) is 1. The fraction of sp³-hybridized carbons (Fsp3) is 0.259. The van der Waals surface area contributed by atoms with Crippen molar-refractivity contribution in [1.82, 2.24) is 4.90 Å². The minimum atomic E-state index is -0.652. The largest absolute Gasteiger partial charge is 0.507 e. The van der Waals surface area contributed by atoms with Crippen LogP contribution in [0.4, 0.5) is 0 Å². The number of nitrogens with zero attached hydrogens (tertiary/aromatic N) is 1. The van der Waals surface area contributed by atoms with E-state index in [0.717, 1.165) is 28.5 Å².